The third kappa shape index (κ3) is 3.38. The van der Waals surface area contributed by atoms with Gasteiger partial charge in [0.15, 0.2) is 0 Å². The molecular weight excluding hydrogens is 316 g/mol. The average molecular weight is 342 g/mol. The molecule has 2 aromatic rings. The van der Waals surface area contributed by atoms with E-state index in [4.69, 9.17) is 0 Å². The summed E-state index contributed by atoms with van der Waals surface area (Å²) in [5.74, 6) is 0.554. The molecule has 3 rings (SSSR count). The molecule has 1 aliphatic carbocycles. The van der Waals surface area contributed by atoms with Crippen LogP contribution in [0.25, 0.3) is 0 Å². The van der Waals surface area contributed by atoms with Gasteiger partial charge in [0.2, 0.25) is 5.91 Å². The SMILES string of the molecule is Cc1nn(CC(=O)N(C)C2(Cc3ccccc3)CCCC2)c(=O)n1C. The maximum Gasteiger partial charge on any atom is 0.346 e. The van der Waals surface area contributed by atoms with Crippen LogP contribution in [0.2, 0.25) is 0 Å². The van der Waals surface area contributed by atoms with Crippen LogP contribution in [0.1, 0.15) is 37.1 Å². The molecule has 1 aliphatic rings. The van der Waals surface area contributed by atoms with Crippen molar-refractivity contribution in [1.29, 1.82) is 0 Å². The number of carbonyl (C=O) groups is 1. The van der Waals surface area contributed by atoms with Crippen molar-refractivity contribution in [3.63, 3.8) is 0 Å². The van der Waals surface area contributed by atoms with Gasteiger partial charge in [0.1, 0.15) is 12.4 Å². The monoisotopic (exact) mass is 342 g/mol. The second-order valence-corrected chi connectivity index (χ2v) is 7.09. The first-order chi connectivity index (χ1) is 11.9. The molecule has 0 spiro atoms. The standard InChI is InChI=1S/C19H26N4O2/c1-15-20-23(18(25)21(15)2)14-17(24)22(3)19(11-7-8-12-19)13-16-9-5-4-6-10-16/h4-6,9-10H,7-8,11-14H2,1-3H3. The van der Waals surface area contributed by atoms with Gasteiger partial charge in [-0.1, -0.05) is 43.2 Å². The summed E-state index contributed by atoms with van der Waals surface area (Å²) in [5, 5.41) is 4.19. The van der Waals surface area contributed by atoms with Gasteiger partial charge in [0.05, 0.1) is 0 Å². The van der Waals surface area contributed by atoms with E-state index in [9.17, 15) is 9.59 Å². The van der Waals surface area contributed by atoms with Crippen LogP contribution in [0.15, 0.2) is 35.1 Å². The molecule has 0 atom stereocenters. The summed E-state index contributed by atoms with van der Waals surface area (Å²) in [4.78, 5) is 26.9. The van der Waals surface area contributed by atoms with E-state index in [0.717, 1.165) is 32.1 Å². The number of carbonyl (C=O) groups excluding carboxylic acids is 1. The van der Waals surface area contributed by atoms with Crippen molar-refractivity contribution in [3.8, 4) is 0 Å². The van der Waals surface area contributed by atoms with Crippen molar-refractivity contribution >= 4 is 5.91 Å². The van der Waals surface area contributed by atoms with Gasteiger partial charge in [0, 0.05) is 19.6 Å². The number of hydrogen-bond acceptors (Lipinski definition) is 3. The Morgan fingerprint density at radius 3 is 2.44 bits per heavy atom. The molecule has 25 heavy (non-hydrogen) atoms. The van der Waals surface area contributed by atoms with Gasteiger partial charge in [0.25, 0.3) is 0 Å². The first-order valence-corrected chi connectivity index (χ1v) is 8.84. The van der Waals surface area contributed by atoms with Crippen molar-refractivity contribution in [1.82, 2.24) is 19.2 Å². The molecule has 6 nitrogen and oxygen atoms in total. The molecule has 1 heterocycles. The number of hydrogen-bond donors (Lipinski definition) is 0. The summed E-state index contributed by atoms with van der Waals surface area (Å²) in [6.07, 6.45) is 5.12. The lowest BCUT2D eigenvalue weighted by Crippen LogP contribution is -2.51. The molecule has 1 aromatic heterocycles. The average Bonchev–Trinajstić information content (AvgIpc) is 3.17. The van der Waals surface area contributed by atoms with Crippen molar-refractivity contribution in [2.24, 2.45) is 7.05 Å². The molecule has 1 saturated carbocycles. The van der Waals surface area contributed by atoms with Gasteiger partial charge >= 0.3 is 5.69 Å². The van der Waals surface area contributed by atoms with Gasteiger partial charge in [-0.05, 0) is 31.7 Å². The van der Waals surface area contributed by atoms with Crippen LogP contribution in [0, 0.1) is 6.92 Å². The van der Waals surface area contributed by atoms with Crippen molar-refractivity contribution < 1.29 is 4.79 Å². The predicted octanol–water partition coefficient (Wildman–Crippen LogP) is 1.90. The van der Waals surface area contributed by atoms with Crippen LogP contribution < -0.4 is 5.69 Å². The molecule has 0 radical (unpaired) electrons. The molecule has 1 aromatic carbocycles. The first-order valence-electron chi connectivity index (χ1n) is 8.84. The van der Waals surface area contributed by atoms with E-state index in [-0.39, 0.29) is 23.7 Å². The molecule has 1 amide bonds. The number of aryl methyl sites for hydroxylation is 1. The summed E-state index contributed by atoms with van der Waals surface area (Å²) >= 11 is 0. The zero-order valence-corrected chi connectivity index (χ0v) is 15.2. The minimum absolute atomic E-state index is 0.00640. The van der Waals surface area contributed by atoms with E-state index in [1.54, 1.807) is 14.0 Å². The van der Waals surface area contributed by atoms with E-state index >= 15 is 0 Å². The summed E-state index contributed by atoms with van der Waals surface area (Å²) in [5.41, 5.74) is 0.837. The number of aromatic nitrogens is 3. The fourth-order valence-corrected chi connectivity index (χ4v) is 3.84. The number of likely N-dealkylation sites (N-methyl/N-ethyl adjacent to an activating group) is 1. The van der Waals surface area contributed by atoms with Crippen LogP contribution in [0.5, 0.6) is 0 Å². The predicted molar refractivity (Wildman–Crippen MR) is 96.3 cm³/mol. The van der Waals surface area contributed by atoms with Gasteiger partial charge in [-0.25, -0.2) is 9.48 Å². The largest absolute Gasteiger partial charge is 0.346 e. The maximum atomic E-state index is 12.9. The first kappa shape index (κ1) is 17.5. The summed E-state index contributed by atoms with van der Waals surface area (Å²) < 4.78 is 2.72. The second kappa shape index (κ2) is 6.86. The fraction of sp³-hybridized carbons (Fsp3) is 0.526. The van der Waals surface area contributed by atoms with Gasteiger partial charge in [-0.15, -0.1) is 0 Å². The van der Waals surface area contributed by atoms with Crippen molar-refractivity contribution in [2.45, 2.75) is 51.1 Å². The highest BCUT2D eigenvalue weighted by atomic mass is 16.2. The summed E-state index contributed by atoms with van der Waals surface area (Å²) in [6, 6.07) is 10.3. The molecule has 0 unspecified atom stereocenters. The molecule has 1 fully saturated rings. The van der Waals surface area contributed by atoms with Crippen LogP contribution in [0.3, 0.4) is 0 Å². The minimum Gasteiger partial charge on any atom is -0.338 e. The Balaban J connectivity index is 1.80. The maximum absolute atomic E-state index is 12.9. The minimum atomic E-state index is -0.247. The smallest absolute Gasteiger partial charge is 0.338 e. The Morgan fingerprint density at radius 1 is 1.24 bits per heavy atom. The lowest BCUT2D eigenvalue weighted by Gasteiger charge is -2.39. The Bertz CT molecular complexity index is 801. The Hall–Kier alpha value is -2.37. The van der Waals surface area contributed by atoms with Gasteiger partial charge in [-0.3, -0.25) is 9.36 Å². The van der Waals surface area contributed by atoms with Crippen LogP contribution in [-0.4, -0.2) is 37.7 Å². The Labute approximate surface area is 148 Å². The van der Waals surface area contributed by atoms with Crippen molar-refractivity contribution in [3.05, 3.63) is 52.2 Å². The second-order valence-electron chi connectivity index (χ2n) is 7.09. The zero-order valence-electron chi connectivity index (χ0n) is 15.2. The van der Waals surface area contributed by atoms with Crippen LogP contribution in [0.4, 0.5) is 0 Å². The molecule has 0 saturated heterocycles. The van der Waals surface area contributed by atoms with Crippen LogP contribution >= 0.6 is 0 Å². The van der Waals surface area contributed by atoms with E-state index in [2.05, 4.69) is 17.2 Å². The molecule has 6 heteroatoms. The molecule has 0 bridgehead atoms. The van der Waals surface area contributed by atoms with E-state index < -0.39 is 0 Å². The number of benzene rings is 1. The van der Waals surface area contributed by atoms with Gasteiger partial charge in [-0.2, -0.15) is 5.10 Å². The Kier molecular flexibility index (Phi) is 4.79. The number of amides is 1. The van der Waals surface area contributed by atoms with E-state index in [1.165, 1.54) is 14.8 Å². The third-order valence-electron chi connectivity index (χ3n) is 5.54. The normalized spacial score (nSPS) is 16.1. The summed E-state index contributed by atoms with van der Waals surface area (Å²) in [6.45, 7) is 1.76. The van der Waals surface area contributed by atoms with E-state index in [1.807, 2.05) is 30.1 Å². The Morgan fingerprint density at radius 2 is 1.88 bits per heavy atom. The zero-order chi connectivity index (χ0) is 18.0. The van der Waals surface area contributed by atoms with E-state index in [0.29, 0.717) is 5.82 Å². The highest BCUT2D eigenvalue weighted by Crippen LogP contribution is 2.37. The van der Waals surface area contributed by atoms with Crippen molar-refractivity contribution in [2.75, 3.05) is 7.05 Å². The fourth-order valence-electron chi connectivity index (χ4n) is 3.84. The topological polar surface area (TPSA) is 60.1 Å². The molecule has 0 N–H and O–H groups in total. The van der Waals surface area contributed by atoms with Crippen LogP contribution in [-0.2, 0) is 24.8 Å². The number of rotatable bonds is 5. The molecule has 0 aliphatic heterocycles. The molecular formula is C19H26N4O2. The lowest BCUT2D eigenvalue weighted by molar-refractivity contribution is -0.136. The summed E-state index contributed by atoms with van der Waals surface area (Å²) in [7, 11) is 3.54. The number of nitrogens with zero attached hydrogens (tertiary/aromatic N) is 4. The third-order valence-corrected chi connectivity index (χ3v) is 5.54. The molecule has 134 valence electrons. The lowest BCUT2D eigenvalue weighted by atomic mass is 9.87. The highest BCUT2D eigenvalue weighted by Gasteiger charge is 2.40. The highest BCUT2D eigenvalue weighted by molar-refractivity contribution is 5.76. The van der Waals surface area contributed by atoms with Gasteiger partial charge < -0.3 is 4.90 Å². The quantitative estimate of drug-likeness (QED) is 0.834.